The van der Waals surface area contributed by atoms with Gasteiger partial charge in [0.25, 0.3) is 0 Å². The lowest BCUT2D eigenvalue weighted by Gasteiger charge is -2.35. The third-order valence-electron chi connectivity index (χ3n) is 3.66. The smallest absolute Gasteiger partial charge is 0.00981 e. The topological polar surface area (TPSA) is 15.3 Å². The number of hydrogen-bond acceptors (Lipinski definition) is 2. The molecule has 0 aromatic rings. The molecule has 0 radical (unpaired) electrons. The van der Waals surface area contributed by atoms with Gasteiger partial charge in [0.05, 0.1) is 0 Å². The van der Waals surface area contributed by atoms with Gasteiger partial charge in [-0.25, -0.2) is 0 Å². The van der Waals surface area contributed by atoms with E-state index in [4.69, 9.17) is 6.42 Å². The summed E-state index contributed by atoms with van der Waals surface area (Å²) in [4.78, 5) is 2.56. The van der Waals surface area contributed by atoms with Crippen molar-refractivity contribution in [1.82, 2.24) is 10.2 Å². The predicted octanol–water partition coefficient (Wildman–Crippen LogP) is 2.11. The van der Waals surface area contributed by atoms with Crippen LogP contribution in [0.1, 0.15) is 39.5 Å². The van der Waals surface area contributed by atoms with Crippen LogP contribution in [0.3, 0.4) is 0 Å². The maximum absolute atomic E-state index is 5.24. The summed E-state index contributed by atoms with van der Waals surface area (Å²) in [5.41, 5.74) is 0. The summed E-state index contributed by atoms with van der Waals surface area (Å²) in [6.07, 6.45) is 9.97. The molecular weight excluding hydrogens is 196 g/mol. The molecule has 2 unspecified atom stereocenters. The largest absolute Gasteiger partial charge is 0.314 e. The van der Waals surface area contributed by atoms with E-state index in [2.05, 4.69) is 30.0 Å². The van der Waals surface area contributed by atoms with Crippen molar-refractivity contribution in [3.05, 3.63) is 0 Å². The zero-order valence-electron chi connectivity index (χ0n) is 10.8. The van der Waals surface area contributed by atoms with Crippen LogP contribution in [-0.2, 0) is 0 Å². The van der Waals surface area contributed by atoms with E-state index in [1.807, 2.05) is 0 Å². The molecule has 2 nitrogen and oxygen atoms in total. The Morgan fingerprint density at radius 1 is 1.56 bits per heavy atom. The molecule has 1 N–H and O–H groups in total. The standard InChI is InChI=1S/C14H26N2/c1-4-6-7-10-15-13(3)14-9-8-11-16(5-2)12-14/h1,13-15H,5-12H2,2-3H3. The van der Waals surface area contributed by atoms with E-state index in [0.717, 1.165) is 25.3 Å². The molecule has 1 fully saturated rings. The van der Waals surface area contributed by atoms with Crippen LogP contribution in [0.4, 0.5) is 0 Å². The van der Waals surface area contributed by atoms with Crippen molar-refractivity contribution in [2.75, 3.05) is 26.2 Å². The molecule has 1 rings (SSSR count). The molecule has 1 aliphatic heterocycles. The van der Waals surface area contributed by atoms with Crippen LogP contribution < -0.4 is 5.32 Å². The molecule has 0 amide bonds. The lowest BCUT2D eigenvalue weighted by molar-refractivity contribution is 0.157. The summed E-state index contributed by atoms with van der Waals surface area (Å²) < 4.78 is 0. The Bertz CT molecular complexity index is 219. The Labute approximate surface area is 101 Å². The van der Waals surface area contributed by atoms with E-state index < -0.39 is 0 Å². The highest BCUT2D eigenvalue weighted by molar-refractivity contribution is 4.84. The molecule has 2 heteroatoms. The molecule has 1 aliphatic rings. The number of terminal acetylenes is 1. The number of hydrogen-bond donors (Lipinski definition) is 1. The van der Waals surface area contributed by atoms with Gasteiger partial charge in [-0.05, 0) is 51.7 Å². The predicted molar refractivity (Wildman–Crippen MR) is 70.4 cm³/mol. The zero-order valence-corrected chi connectivity index (χ0v) is 10.8. The van der Waals surface area contributed by atoms with Crippen LogP contribution >= 0.6 is 0 Å². The summed E-state index contributed by atoms with van der Waals surface area (Å²) >= 11 is 0. The molecule has 16 heavy (non-hydrogen) atoms. The highest BCUT2D eigenvalue weighted by Gasteiger charge is 2.23. The van der Waals surface area contributed by atoms with Gasteiger partial charge in [0, 0.05) is 19.0 Å². The minimum absolute atomic E-state index is 0.632. The van der Waals surface area contributed by atoms with Gasteiger partial charge in [0.15, 0.2) is 0 Å². The van der Waals surface area contributed by atoms with Gasteiger partial charge in [-0.2, -0.15) is 0 Å². The number of nitrogens with zero attached hydrogens (tertiary/aromatic N) is 1. The van der Waals surface area contributed by atoms with Crippen molar-refractivity contribution in [3.8, 4) is 12.3 Å². The number of nitrogens with one attached hydrogen (secondary N) is 1. The van der Waals surface area contributed by atoms with Crippen LogP contribution in [-0.4, -0.2) is 37.1 Å². The Balaban J connectivity index is 2.19. The molecule has 0 spiro atoms. The number of rotatable bonds is 6. The normalized spacial score (nSPS) is 23.9. The quantitative estimate of drug-likeness (QED) is 0.547. The third kappa shape index (κ3) is 4.55. The van der Waals surface area contributed by atoms with Crippen LogP contribution in [0, 0.1) is 18.3 Å². The van der Waals surface area contributed by atoms with Crippen molar-refractivity contribution in [1.29, 1.82) is 0 Å². The lowest BCUT2D eigenvalue weighted by atomic mass is 9.91. The Kier molecular flexibility index (Phi) is 6.52. The maximum atomic E-state index is 5.24. The molecule has 0 saturated carbocycles. The van der Waals surface area contributed by atoms with E-state index in [-0.39, 0.29) is 0 Å². The first-order valence-electron chi connectivity index (χ1n) is 6.67. The summed E-state index contributed by atoms with van der Waals surface area (Å²) in [6, 6.07) is 0.632. The number of likely N-dealkylation sites (tertiary alicyclic amines) is 1. The molecule has 2 atom stereocenters. The van der Waals surface area contributed by atoms with E-state index in [1.165, 1.54) is 32.5 Å². The van der Waals surface area contributed by atoms with Gasteiger partial charge >= 0.3 is 0 Å². The summed E-state index contributed by atoms with van der Waals surface area (Å²) in [7, 11) is 0. The van der Waals surface area contributed by atoms with Crippen molar-refractivity contribution < 1.29 is 0 Å². The highest BCUT2D eigenvalue weighted by Crippen LogP contribution is 2.19. The second-order valence-corrected chi connectivity index (χ2v) is 4.85. The van der Waals surface area contributed by atoms with Gasteiger partial charge in [0.1, 0.15) is 0 Å². The van der Waals surface area contributed by atoms with Gasteiger partial charge in [-0.3, -0.25) is 0 Å². The first kappa shape index (κ1) is 13.5. The fraction of sp³-hybridized carbons (Fsp3) is 0.857. The maximum Gasteiger partial charge on any atom is 0.00981 e. The van der Waals surface area contributed by atoms with E-state index in [1.54, 1.807) is 0 Å². The molecule has 1 saturated heterocycles. The monoisotopic (exact) mass is 222 g/mol. The molecule has 1 heterocycles. The summed E-state index contributed by atoms with van der Waals surface area (Å²) in [6.45, 7) is 9.39. The van der Waals surface area contributed by atoms with Crippen molar-refractivity contribution >= 4 is 0 Å². The van der Waals surface area contributed by atoms with Crippen LogP contribution in [0.25, 0.3) is 0 Å². The third-order valence-corrected chi connectivity index (χ3v) is 3.66. The van der Waals surface area contributed by atoms with E-state index in [9.17, 15) is 0 Å². The number of piperidine rings is 1. The van der Waals surface area contributed by atoms with Crippen molar-refractivity contribution in [3.63, 3.8) is 0 Å². The second kappa shape index (κ2) is 7.70. The lowest BCUT2D eigenvalue weighted by Crippen LogP contribution is -2.44. The fourth-order valence-electron chi connectivity index (χ4n) is 2.47. The van der Waals surface area contributed by atoms with E-state index >= 15 is 0 Å². The molecule has 0 aliphatic carbocycles. The fourth-order valence-corrected chi connectivity index (χ4v) is 2.47. The summed E-state index contributed by atoms with van der Waals surface area (Å²) in [5, 5.41) is 3.61. The first-order valence-corrected chi connectivity index (χ1v) is 6.67. The van der Waals surface area contributed by atoms with Gasteiger partial charge in [-0.15, -0.1) is 12.3 Å². The van der Waals surface area contributed by atoms with E-state index in [0.29, 0.717) is 6.04 Å². The van der Waals surface area contributed by atoms with Crippen molar-refractivity contribution in [2.24, 2.45) is 5.92 Å². The average Bonchev–Trinajstić information content (AvgIpc) is 2.34. The number of unbranched alkanes of at least 4 members (excludes halogenated alkanes) is 1. The highest BCUT2D eigenvalue weighted by atomic mass is 15.1. The van der Waals surface area contributed by atoms with Crippen molar-refractivity contribution in [2.45, 2.75) is 45.6 Å². The first-order chi connectivity index (χ1) is 7.77. The van der Waals surface area contributed by atoms with Gasteiger partial charge in [-0.1, -0.05) is 6.92 Å². The minimum Gasteiger partial charge on any atom is -0.314 e. The molecular formula is C14H26N2. The molecule has 0 aromatic carbocycles. The average molecular weight is 222 g/mol. The summed E-state index contributed by atoms with van der Waals surface area (Å²) in [5.74, 6) is 3.51. The van der Waals surface area contributed by atoms with Gasteiger partial charge in [0.2, 0.25) is 0 Å². The van der Waals surface area contributed by atoms with Crippen LogP contribution in [0.5, 0.6) is 0 Å². The van der Waals surface area contributed by atoms with Gasteiger partial charge < -0.3 is 10.2 Å². The minimum atomic E-state index is 0.632. The Morgan fingerprint density at radius 2 is 2.38 bits per heavy atom. The van der Waals surface area contributed by atoms with Crippen LogP contribution in [0.15, 0.2) is 0 Å². The second-order valence-electron chi connectivity index (χ2n) is 4.85. The Morgan fingerprint density at radius 3 is 3.06 bits per heavy atom. The molecule has 92 valence electrons. The van der Waals surface area contributed by atoms with Crippen LogP contribution in [0.2, 0.25) is 0 Å². The molecule has 0 aromatic heterocycles. The molecule has 0 bridgehead atoms. The Hall–Kier alpha value is -0.520. The SMILES string of the molecule is C#CCCCNC(C)C1CCCN(CC)C1. The zero-order chi connectivity index (χ0) is 11.8.